The van der Waals surface area contributed by atoms with E-state index in [-0.39, 0.29) is 6.04 Å². The molecule has 0 fully saturated rings. The first kappa shape index (κ1) is 19.5. The topological polar surface area (TPSA) is 30.5 Å². The molecule has 0 saturated heterocycles. The van der Waals surface area contributed by atoms with Crippen molar-refractivity contribution in [2.24, 2.45) is 5.92 Å². The minimum Gasteiger partial charge on any atom is -0.489 e. The second-order valence-corrected chi connectivity index (χ2v) is 8.11. The zero-order valence-corrected chi connectivity index (χ0v) is 17.5. The Bertz CT molecular complexity index is 1090. The number of rotatable bonds is 7. The van der Waals surface area contributed by atoms with E-state index in [2.05, 4.69) is 66.5 Å². The summed E-state index contributed by atoms with van der Waals surface area (Å²) < 4.78 is 12.3. The van der Waals surface area contributed by atoms with Crippen LogP contribution in [0, 0.1) is 5.92 Å². The van der Waals surface area contributed by atoms with E-state index < -0.39 is 0 Å². The van der Waals surface area contributed by atoms with Crippen LogP contribution in [0.2, 0.25) is 0 Å². The molecule has 1 heterocycles. The monoisotopic (exact) mass is 409 g/mol. The highest BCUT2D eigenvalue weighted by atomic mass is 16.5. The SMILES string of the molecule is C=CCOc1cccc2c1NC(c1ccccc1OCc1ccccc1)C1CC=CC21. The van der Waals surface area contributed by atoms with Gasteiger partial charge in [-0.25, -0.2) is 0 Å². The molecule has 3 nitrogen and oxygen atoms in total. The highest BCUT2D eigenvalue weighted by Gasteiger charge is 2.40. The van der Waals surface area contributed by atoms with E-state index in [0.717, 1.165) is 23.6 Å². The molecule has 3 unspecified atom stereocenters. The molecule has 1 N–H and O–H groups in total. The maximum Gasteiger partial charge on any atom is 0.143 e. The Kier molecular flexibility index (Phi) is 5.49. The first-order valence-corrected chi connectivity index (χ1v) is 10.9. The lowest BCUT2D eigenvalue weighted by molar-refractivity contribution is 0.296. The number of nitrogens with one attached hydrogen (secondary N) is 1. The number of hydrogen-bond donors (Lipinski definition) is 1. The number of hydrogen-bond acceptors (Lipinski definition) is 3. The number of benzene rings is 3. The van der Waals surface area contributed by atoms with Gasteiger partial charge in [-0.2, -0.15) is 0 Å². The number of para-hydroxylation sites is 2. The fraction of sp³-hybridized carbons (Fsp3) is 0.214. The van der Waals surface area contributed by atoms with Gasteiger partial charge in [0.05, 0.1) is 11.7 Å². The van der Waals surface area contributed by atoms with Crippen LogP contribution in [0.3, 0.4) is 0 Å². The molecule has 2 aliphatic rings. The van der Waals surface area contributed by atoms with E-state index in [9.17, 15) is 0 Å². The van der Waals surface area contributed by atoms with Gasteiger partial charge in [0.15, 0.2) is 0 Å². The molecule has 3 aromatic carbocycles. The Labute approximate surface area is 184 Å². The second kappa shape index (κ2) is 8.73. The second-order valence-electron chi connectivity index (χ2n) is 8.11. The Balaban J connectivity index is 1.48. The zero-order chi connectivity index (χ0) is 21.0. The molecule has 1 aliphatic heterocycles. The molecule has 0 aromatic heterocycles. The van der Waals surface area contributed by atoms with Crippen LogP contribution in [0.5, 0.6) is 11.5 Å². The van der Waals surface area contributed by atoms with Crippen LogP contribution >= 0.6 is 0 Å². The third-order valence-corrected chi connectivity index (χ3v) is 6.21. The average Bonchev–Trinajstić information content (AvgIpc) is 3.32. The minimum absolute atomic E-state index is 0.146. The molecule has 3 atom stereocenters. The van der Waals surface area contributed by atoms with Crippen LogP contribution in [-0.4, -0.2) is 6.61 Å². The number of ether oxygens (including phenoxy) is 2. The number of allylic oxidation sites excluding steroid dienone is 2. The molecule has 0 saturated carbocycles. The van der Waals surface area contributed by atoms with Gasteiger partial charge in [-0.15, -0.1) is 0 Å². The predicted molar refractivity (Wildman–Crippen MR) is 126 cm³/mol. The van der Waals surface area contributed by atoms with Gasteiger partial charge in [-0.05, 0) is 35.6 Å². The Hall–Kier alpha value is -3.46. The maximum atomic E-state index is 6.30. The van der Waals surface area contributed by atoms with Crippen molar-refractivity contribution in [3.8, 4) is 11.5 Å². The summed E-state index contributed by atoms with van der Waals surface area (Å²) >= 11 is 0. The molecular formula is C28H27NO2. The molecule has 5 rings (SSSR count). The number of fused-ring (bicyclic) bond motifs is 3. The third kappa shape index (κ3) is 3.84. The quantitative estimate of drug-likeness (QED) is 0.443. The van der Waals surface area contributed by atoms with Crippen molar-refractivity contribution >= 4 is 5.69 Å². The molecule has 0 spiro atoms. The van der Waals surface area contributed by atoms with E-state index >= 15 is 0 Å². The van der Waals surface area contributed by atoms with Gasteiger partial charge < -0.3 is 14.8 Å². The van der Waals surface area contributed by atoms with E-state index in [1.807, 2.05) is 30.3 Å². The van der Waals surface area contributed by atoms with Gasteiger partial charge in [0.1, 0.15) is 24.7 Å². The van der Waals surface area contributed by atoms with Gasteiger partial charge in [-0.1, -0.05) is 85.5 Å². The molecule has 1 aliphatic carbocycles. The lowest BCUT2D eigenvalue weighted by Crippen LogP contribution is -2.29. The molecule has 0 amide bonds. The van der Waals surface area contributed by atoms with E-state index in [0.29, 0.717) is 25.0 Å². The maximum absolute atomic E-state index is 6.30. The van der Waals surface area contributed by atoms with Crippen molar-refractivity contribution in [3.63, 3.8) is 0 Å². The molecule has 31 heavy (non-hydrogen) atoms. The Morgan fingerprint density at radius 3 is 2.52 bits per heavy atom. The minimum atomic E-state index is 0.146. The molecule has 0 bridgehead atoms. The highest BCUT2D eigenvalue weighted by Crippen LogP contribution is 2.53. The lowest BCUT2D eigenvalue weighted by Gasteiger charge is -2.38. The van der Waals surface area contributed by atoms with Gasteiger partial charge in [0, 0.05) is 11.5 Å². The molecule has 3 heteroatoms. The van der Waals surface area contributed by atoms with E-state index in [1.165, 1.54) is 16.7 Å². The van der Waals surface area contributed by atoms with E-state index in [1.54, 1.807) is 6.08 Å². The largest absolute Gasteiger partial charge is 0.489 e. The first-order chi connectivity index (χ1) is 15.3. The van der Waals surface area contributed by atoms with Crippen molar-refractivity contribution in [2.75, 3.05) is 11.9 Å². The van der Waals surface area contributed by atoms with E-state index in [4.69, 9.17) is 9.47 Å². The van der Waals surface area contributed by atoms with Gasteiger partial charge in [0.2, 0.25) is 0 Å². The predicted octanol–water partition coefficient (Wildman–Crippen LogP) is 6.66. The van der Waals surface area contributed by atoms with Gasteiger partial charge >= 0.3 is 0 Å². The Morgan fingerprint density at radius 1 is 0.871 bits per heavy atom. The Morgan fingerprint density at radius 2 is 1.65 bits per heavy atom. The third-order valence-electron chi connectivity index (χ3n) is 6.21. The molecule has 0 radical (unpaired) electrons. The fourth-order valence-electron chi connectivity index (χ4n) is 4.77. The van der Waals surface area contributed by atoms with Gasteiger partial charge in [-0.3, -0.25) is 0 Å². The molecular weight excluding hydrogens is 382 g/mol. The zero-order valence-electron chi connectivity index (χ0n) is 17.5. The average molecular weight is 410 g/mol. The summed E-state index contributed by atoms with van der Waals surface area (Å²) in [6.45, 7) is 4.83. The van der Waals surface area contributed by atoms with Crippen molar-refractivity contribution < 1.29 is 9.47 Å². The smallest absolute Gasteiger partial charge is 0.143 e. The summed E-state index contributed by atoms with van der Waals surface area (Å²) in [4.78, 5) is 0. The van der Waals surface area contributed by atoms with Crippen LogP contribution in [0.15, 0.2) is 97.6 Å². The lowest BCUT2D eigenvalue weighted by atomic mass is 9.76. The summed E-state index contributed by atoms with van der Waals surface area (Å²) in [5.74, 6) is 2.63. The summed E-state index contributed by atoms with van der Waals surface area (Å²) in [6, 6.07) is 25.2. The highest BCUT2D eigenvalue weighted by molar-refractivity contribution is 5.68. The van der Waals surface area contributed by atoms with Crippen molar-refractivity contribution in [2.45, 2.75) is 25.0 Å². The summed E-state index contributed by atoms with van der Waals surface area (Å²) in [6.07, 6.45) is 7.49. The summed E-state index contributed by atoms with van der Waals surface area (Å²) in [5.41, 5.74) is 4.75. The normalized spacial score (nSPS) is 21.0. The molecule has 3 aromatic rings. The van der Waals surface area contributed by atoms with Crippen molar-refractivity contribution in [1.82, 2.24) is 0 Å². The number of anilines is 1. The summed E-state index contributed by atoms with van der Waals surface area (Å²) in [7, 11) is 0. The first-order valence-electron chi connectivity index (χ1n) is 10.9. The standard InChI is InChI=1S/C28H27NO2/c1-2-18-30-26-17-9-15-23-21-13-8-14-22(21)27(29-28(23)26)24-12-6-7-16-25(24)31-19-20-10-4-3-5-11-20/h2-13,15-17,21-22,27,29H,1,14,18-19H2. The van der Waals surface area contributed by atoms with Crippen LogP contribution in [0.1, 0.15) is 35.1 Å². The van der Waals surface area contributed by atoms with Crippen molar-refractivity contribution in [1.29, 1.82) is 0 Å². The van der Waals surface area contributed by atoms with Crippen molar-refractivity contribution in [3.05, 3.63) is 114 Å². The van der Waals surface area contributed by atoms with Crippen LogP contribution in [-0.2, 0) is 6.61 Å². The van der Waals surface area contributed by atoms with Crippen LogP contribution in [0.4, 0.5) is 5.69 Å². The van der Waals surface area contributed by atoms with Crippen LogP contribution in [0.25, 0.3) is 0 Å². The van der Waals surface area contributed by atoms with Gasteiger partial charge in [0.25, 0.3) is 0 Å². The molecule has 156 valence electrons. The summed E-state index contributed by atoms with van der Waals surface area (Å²) in [5, 5.41) is 3.82. The van der Waals surface area contributed by atoms with Crippen LogP contribution < -0.4 is 14.8 Å². The fourth-order valence-corrected chi connectivity index (χ4v) is 4.77.